The molecule has 108 valence electrons. The van der Waals surface area contributed by atoms with E-state index in [2.05, 4.69) is 12.1 Å². The zero-order chi connectivity index (χ0) is 14.4. The zero-order valence-corrected chi connectivity index (χ0v) is 12.6. The van der Waals surface area contributed by atoms with Gasteiger partial charge in [0.05, 0.1) is 6.61 Å². The zero-order valence-electron chi connectivity index (χ0n) is 11.8. The van der Waals surface area contributed by atoms with Crippen molar-refractivity contribution in [3.63, 3.8) is 0 Å². The Morgan fingerprint density at radius 1 is 1.35 bits per heavy atom. The Bertz CT molecular complexity index is 472. The normalized spacial score (nSPS) is 21.9. The lowest BCUT2D eigenvalue weighted by Gasteiger charge is -2.24. The third-order valence-corrected chi connectivity index (χ3v) is 5.07. The van der Waals surface area contributed by atoms with E-state index in [0.29, 0.717) is 19.4 Å². The van der Waals surface area contributed by atoms with Gasteiger partial charge >= 0.3 is 5.97 Å². The first-order chi connectivity index (χ1) is 9.69. The van der Waals surface area contributed by atoms with Gasteiger partial charge in [0.1, 0.15) is 0 Å². The van der Waals surface area contributed by atoms with Crippen LogP contribution in [0.15, 0.2) is 30.3 Å². The summed E-state index contributed by atoms with van der Waals surface area (Å²) in [6.07, 6.45) is 2.76. The van der Waals surface area contributed by atoms with E-state index in [1.807, 2.05) is 18.2 Å². The fourth-order valence-electron chi connectivity index (χ4n) is 2.50. The molecule has 0 saturated heterocycles. The molecule has 0 N–H and O–H groups in total. The Labute approximate surface area is 124 Å². The first-order valence-corrected chi connectivity index (χ1v) is 8.06. The molecule has 0 spiro atoms. The van der Waals surface area contributed by atoms with Crippen molar-refractivity contribution in [2.45, 2.75) is 37.4 Å². The molecule has 1 aromatic rings. The van der Waals surface area contributed by atoms with E-state index >= 15 is 0 Å². The van der Waals surface area contributed by atoms with Crippen molar-refractivity contribution in [2.75, 3.05) is 12.4 Å². The lowest BCUT2D eigenvalue weighted by molar-refractivity contribution is -0.148. The molecular formula is C16H20O3S. The molecule has 0 aromatic heterocycles. The maximum absolute atomic E-state index is 12.2. The predicted octanol–water partition coefficient (Wildman–Crippen LogP) is 3.02. The van der Waals surface area contributed by atoms with Gasteiger partial charge in [-0.3, -0.25) is 9.59 Å². The lowest BCUT2D eigenvalue weighted by atomic mass is 10.1. The molecule has 0 unspecified atom stereocenters. The molecule has 2 rings (SSSR count). The number of esters is 1. The minimum atomic E-state index is -0.940. The first kappa shape index (κ1) is 15.1. The summed E-state index contributed by atoms with van der Waals surface area (Å²) >= 11 is 1.46. The molecule has 0 bridgehead atoms. The van der Waals surface area contributed by atoms with Crippen molar-refractivity contribution >= 4 is 23.5 Å². The standard InChI is InChI=1S/C16H20O3S/c1-2-19-15(18)16(11-6-9-14(16)17)20-12-10-13-7-4-3-5-8-13/h3-5,7-8H,2,6,9-12H2,1H3/t16-/m0/s1. The van der Waals surface area contributed by atoms with Crippen molar-refractivity contribution < 1.29 is 14.3 Å². The van der Waals surface area contributed by atoms with Gasteiger partial charge in [-0.2, -0.15) is 0 Å². The maximum atomic E-state index is 12.2. The van der Waals surface area contributed by atoms with E-state index in [4.69, 9.17) is 4.74 Å². The predicted molar refractivity (Wildman–Crippen MR) is 80.8 cm³/mol. The topological polar surface area (TPSA) is 43.4 Å². The van der Waals surface area contributed by atoms with Gasteiger partial charge in [-0.25, -0.2) is 0 Å². The summed E-state index contributed by atoms with van der Waals surface area (Å²) in [5, 5.41) is 0. The Balaban J connectivity index is 1.98. The Hall–Kier alpha value is -1.29. The Morgan fingerprint density at radius 2 is 2.10 bits per heavy atom. The van der Waals surface area contributed by atoms with E-state index in [1.54, 1.807) is 6.92 Å². The van der Waals surface area contributed by atoms with Crippen LogP contribution in [0.25, 0.3) is 0 Å². The van der Waals surface area contributed by atoms with Crippen molar-refractivity contribution in [2.24, 2.45) is 0 Å². The quantitative estimate of drug-likeness (QED) is 0.597. The monoisotopic (exact) mass is 292 g/mol. The third kappa shape index (κ3) is 3.23. The van der Waals surface area contributed by atoms with Crippen molar-refractivity contribution in [3.05, 3.63) is 35.9 Å². The molecule has 1 aliphatic rings. The number of benzene rings is 1. The minimum absolute atomic E-state index is 0.0361. The van der Waals surface area contributed by atoms with Crippen LogP contribution in [0.2, 0.25) is 0 Å². The average Bonchev–Trinajstić information content (AvgIpc) is 2.83. The Morgan fingerprint density at radius 3 is 2.70 bits per heavy atom. The van der Waals surface area contributed by atoms with E-state index in [9.17, 15) is 9.59 Å². The molecule has 0 aliphatic heterocycles. The molecule has 0 radical (unpaired) electrons. The largest absolute Gasteiger partial charge is 0.465 e. The Kier molecular flexibility index (Phi) is 5.24. The van der Waals surface area contributed by atoms with Gasteiger partial charge in [-0.15, -0.1) is 11.8 Å². The molecule has 1 fully saturated rings. The average molecular weight is 292 g/mol. The number of ketones is 1. The fraction of sp³-hybridized carbons (Fsp3) is 0.500. The molecule has 1 atom stereocenters. The maximum Gasteiger partial charge on any atom is 0.329 e. The van der Waals surface area contributed by atoms with E-state index in [1.165, 1.54) is 17.3 Å². The molecule has 3 nitrogen and oxygen atoms in total. The van der Waals surface area contributed by atoms with Gasteiger partial charge < -0.3 is 4.74 Å². The summed E-state index contributed by atoms with van der Waals surface area (Å²) in [7, 11) is 0. The second-order valence-electron chi connectivity index (χ2n) is 4.91. The number of rotatable bonds is 6. The number of aryl methyl sites for hydroxylation is 1. The number of ether oxygens (including phenoxy) is 1. The van der Waals surface area contributed by atoms with Crippen LogP contribution in [0.4, 0.5) is 0 Å². The van der Waals surface area contributed by atoms with Crippen molar-refractivity contribution in [1.82, 2.24) is 0 Å². The van der Waals surface area contributed by atoms with Crippen LogP contribution >= 0.6 is 11.8 Å². The summed E-state index contributed by atoms with van der Waals surface area (Å²) in [6.45, 7) is 2.10. The first-order valence-electron chi connectivity index (χ1n) is 7.07. The van der Waals surface area contributed by atoms with Gasteiger partial charge in [0.15, 0.2) is 10.5 Å². The summed E-state index contributed by atoms with van der Waals surface area (Å²) < 4.78 is 4.18. The highest BCUT2D eigenvalue weighted by molar-refractivity contribution is 8.02. The molecule has 4 heteroatoms. The number of hydrogen-bond acceptors (Lipinski definition) is 4. The number of hydrogen-bond donors (Lipinski definition) is 0. The van der Waals surface area contributed by atoms with Crippen LogP contribution in [-0.2, 0) is 20.7 Å². The van der Waals surface area contributed by atoms with Crippen LogP contribution < -0.4 is 0 Å². The van der Waals surface area contributed by atoms with Gasteiger partial charge in [0, 0.05) is 6.42 Å². The second kappa shape index (κ2) is 6.93. The van der Waals surface area contributed by atoms with Crippen molar-refractivity contribution in [1.29, 1.82) is 0 Å². The van der Waals surface area contributed by atoms with Gasteiger partial charge in [0.2, 0.25) is 0 Å². The van der Waals surface area contributed by atoms with Crippen molar-refractivity contribution in [3.8, 4) is 0 Å². The number of carbonyl (C=O) groups excluding carboxylic acids is 2. The lowest BCUT2D eigenvalue weighted by Crippen LogP contribution is -2.41. The van der Waals surface area contributed by atoms with Crippen LogP contribution in [0.5, 0.6) is 0 Å². The van der Waals surface area contributed by atoms with E-state index < -0.39 is 4.75 Å². The smallest absolute Gasteiger partial charge is 0.329 e. The molecule has 1 aliphatic carbocycles. The summed E-state index contributed by atoms with van der Waals surface area (Å²) in [6, 6.07) is 10.1. The minimum Gasteiger partial charge on any atom is -0.465 e. The fourth-order valence-corrected chi connectivity index (χ4v) is 3.92. The summed E-state index contributed by atoms with van der Waals surface area (Å²) in [5.41, 5.74) is 1.23. The molecule has 0 heterocycles. The second-order valence-corrected chi connectivity index (χ2v) is 6.30. The molecule has 0 amide bonds. The molecule has 20 heavy (non-hydrogen) atoms. The SMILES string of the molecule is CCOC(=O)[C@]1(SCCc2ccccc2)CCCC1=O. The molecular weight excluding hydrogens is 272 g/mol. The van der Waals surface area contributed by atoms with Gasteiger partial charge in [-0.05, 0) is 37.5 Å². The van der Waals surface area contributed by atoms with Crippen LogP contribution in [0, 0.1) is 0 Å². The van der Waals surface area contributed by atoms with Gasteiger partial charge in [0.25, 0.3) is 0 Å². The van der Waals surface area contributed by atoms with Crippen LogP contribution in [0.1, 0.15) is 31.7 Å². The van der Waals surface area contributed by atoms with Crippen LogP contribution in [-0.4, -0.2) is 28.9 Å². The third-order valence-electron chi connectivity index (χ3n) is 3.57. The van der Waals surface area contributed by atoms with E-state index in [-0.39, 0.29) is 11.8 Å². The highest BCUT2D eigenvalue weighted by Gasteiger charge is 2.50. The molecule has 1 aromatic carbocycles. The summed E-state index contributed by atoms with van der Waals surface area (Å²) in [5.74, 6) is 0.448. The number of thioether (sulfide) groups is 1. The molecule has 1 saturated carbocycles. The number of Topliss-reactive ketones (excluding diaryl/α,β-unsaturated/α-hetero) is 1. The summed E-state index contributed by atoms with van der Waals surface area (Å²) in [4.78, 5) is 24.3. The highest BCUT2D eigenvalue weighted by atomic mass is 32.2. The van der Waals surface area contributed by atoms with Crippen LogP contribution in [0.3, 0.4) is 0 Å². The highest BCUT2D eigenvalue weighted by Crippen LogP contribution is 2.40. The number of carbonyl (C=O) groups is 2. The van der Waals surface area contributed by atoms with E-state index in [0.717, 1.165) is 18.6 Å². The van der Waals surface area contributed by atoms with Gasteiger partial charge in [-0.1, -0.05) is 30.3 Å².